The first kappa shape index (κ1) is 41.0. The van der Waals surface area contributed by atoms with Crippen LogP contribution >= 0.6 is 15.9 Å². The molecule has 2 aliphatic heterocycles. The molecule has 2 amide bonds. The highest BCUT2D eigenvalue weighted by Gasteiger charge is 2.31. The van der Waals surface area contributed by atoms with E-state index in [1.54, 1.807) is 9.80 Å². The third-order valence-electron chi connectivity index (χ3n) is 8.60. The predicted octanol–water partition coefficient (Wildman–Crippen LogP) is 2.62. The molecule has 2 saturated heterocycles. The van der Waals surface area contributed by atoms with E-state index in [1.807, 2.05) is 65.2 Å². The molecule has 4 aromatic rings. The van der Waals surface area contributed by atoms with Crippen molar-refractivity contribution in [2.75, 3.05) is 69.3 Å². The van der Waals surface area contributed by atoms with Crippen LogP contribution in [0.25, 0.3) is 11.6 Å². The lowest BCUT2D eigenvalue weighted by molar-refractivity contribution is 0.0230. The maximum Gasteiger partial charge on any atom is 0.410 e. The molecule has 0 atom stereocenters. The normalized spacial score (nSPS) is 15.2. The number of esters is 1. The number of nitrogens with one attached hydrogen (secondary N) is 2. The quantitative estimate of drug-likeness (QED) is 0.218. The number of amides is 2. The number of aryl methyl sites for hydroxylation is 2. The van der Waals surface area contributed by atoms with Crippen LogP contribution in [0.15, 0.2) is 14.3 Å². The third-order valence-corrected chi connectivity index (χ3v) is 8.96. The number of anilines is 2. The molecule has 2 N–H and O–H groups in total. The smallest absolute Gasteiger partial charge is 0.410 e. The molecule has 6 heterocycles. The molecule has 300 valence electrons. The Morgan fingerprint density at radius 1 is 0.655 bits per heavy atom. The van der Waals surface area contributed by atoms with E-state index < -0.39 is 17.2 Å². The van der Waals surface area contributed by atoms with Crippen molar-refractivity contribution in [3.63, 3.8) is 0 Å². The van der Waals surface area contributed by atoms with Crippen molar-refractivity contribution in [1.82, 2.24) is 49.0 Å². The summed E-state index contributed by atoms with van der Waals surface area (Å²) in [4.78, 5) is 86.5. The molecule has 2 fully saturated rings. The van der Waals surface area contributed by atoms with Gasteiger partial charge in [-0.1, -0.05) is 13.8 Å². The second kappa shape index (κ2) is 16.3. The lowest BCUT2D eigenvalue weighted by atomic mass is 10.2. The van der Waals surface area contributed by atoms with Crippen molar-refractivity contribution in [2.45, 2.75) is 79.4 Å². The van der Waals surface area contributed by atoms with Gasteiger partial charge in [0.25, 0.3) is 22.7 Å². The number of carbonyl (C=O) groups excluding carboxylic acids is 3. The van der Waals surface area contributed by atoms with E-state index in [2.05, 4.69) is 50.8 Å². The zero-order chi connectivity index (χ0) is 40.4. The van der Waals surface area contributed by atoms with Gasteiger partial charge in [-0.3, -0.25) is 19.8 Å². The highest BCUT2D eigenvalue weighted by atomic mass is 79.9. The van der Waals surface area contributed by atoms with Crippen molar-refractivity contribution in [2.24, 2.45) is 0 Å². The molecule has 2 aliphatic rings. The van der Waals surface area contributed by atoms with Crippen molar-refractivity contribution in [1.29, 1.82) is 0 Å². The maximum atomic E-state index is 13.1. The lowest BCUT2D eigenvalue weighted by Crippen LogP contribution is -2.51. The number of fused-ring (bicyclic) bond motifs is 2. The molecule has 0 aliphatic carbocycles. The van der Waals surface area contributed by atoms with Crippen LogP contribution in [0.4, 0.5) is 21.0 Å². The number of carbonyl (C=O) groups is 3. The van der Waals surface area contributed by atoms with Crippen LogP contribution in [0.3, 0.4) is 0 Å². The van der Waals surface area contributed by atoms with E-state index >= 15 is 0 Å². The van der Waals surface area contributed by atoms with E-state index in [1.165, 1.54) is 11.6 Å². The Kier molecular flexibility index (Phi) is 12.1. The number of aromatic amines is 2. The summed E-state index contributed by atoms with van der Waals surface area (Å²) in [5.74, 6) is -0.315. The highest BCUT2D eigenvalue weighted by Crippen LogP contribution is 2.21. The molecule has 0 saturated carbocycles. The van der Waals surface area contributed by atoms with Gasteiger partial charge in [0.15, 0.2) is 4.73 Å². The first-order chi connectivity index (χ1) is 25.8. The van der Waals surface area contributed by atoms with E-state index in [9.17, 15) is 24.0 Å². The monoisotopic (exact) mass is 832 g/mol. The fourth-order valence-corrected chi connectivity index (χ4v) is 6.41. The minimum Gasteiger partial charge on any atom is -0.463 e. The number of nitrogens with zero attached hydrogens (tertiary/aromatic N) is 10. The lowest BCUT2D eigenvalue weighted by Gasteiger charge is -2.36. The fourth-order valence-electron chi connectivity index (χ4n) is 6.07. The third kappa shape index (κ3) is 9.37. The summed E-state index contributed by atoms with van der Waals surface area (Å²) in [5, 5.41) is 5.49. The SMILES string of the molecule is CCc1nc2nc(Br)[nH]n2c(=O)c1N1CCN(C(=O)OC(C)(C)C)CC1.CCc1nc2nc(C(=O)OC)[nH]n2c(=O)c1N1CCN(C(=O)OC(C)(C)C)CC1. The van der Waals surface area contributed by atoms with E-state index in [-0.39, 0.29) is 34.9 Å². The first-order valence-electron chi connectivity index (χ1n) is 18.1. The number of ether oxygens (including phenoxy) is 3. The van der Waals surface area contributed by atoms with Gasteiger partial charge in [-0.15, -0.1) is 0 Å². The van der Waals surface area contributed by atoms with E-state index in [0.717, 1.165) is 4.52 Å². The van der Waals surface area contributed by atoms with Crippen LogP contribution in [0.5, 0.6) is 0 Å². The minimum absolute atomic E-state index is 0.0916. The summed E-state index contributed by atoms with van der Waals surface area (Å²) < 4.78 is 18.4. The fraction of sp³-hybridized carbons (Fsp3) is 0.618. The van der Waals surface area contributed by atoms with Gasteiger partial charge in [-0.05, 0) is 70.3 Å². The Labute approximate surface area is 325 Å². The van der Waals surface area contributed by atoms with E-state index in [0.29, 0.717) is 98.5 Å². The van der Waals surface area contributed by atoms with Gasteiger partial charge in [0.05, 0.1) is 18.5 Å². The second-order valence-corrected chi connectivity index (χ2v) is 15.6. The molecule has 6 rings (SSSR count). The zero-order valence-corrected chi connectivity index (χ0v) is 34.3. The Balaban J connectivity index is 0.000000212. The summed E-state index contributed by atoms with van der Waals surface area (Å²) in [6.45, 7) is 18.7. The molecule has 55 heavy (non-hydrogen) atoms. The molecule has 21 heteroatoms. The molecule has 0 aromatic carbocycles. The number of aromatic nitrogens is 8. The standard InChI is InChI=1S/C18H26N6O5.C16H23BrN6O3/c1-6-11-12(14(25)24-16(19-11)20-13(21-24)15(26)28-5)22-7-9-23(10-8-22)17(27)29-18(2,3)4;1-5-10-11(12(24)23-14(18-10)19-13(17)20-23)21-6-8-22(9-7-21)15(25)26-16(2,3)4/h6-10H2,1-5H3,(H,19,20,21);5-9H2,1-4H3,(H,18,19,20). The molecular formula is C34H49BrN12O8. The van der Waals surface area contributed by atoms with Crippen LogP contribution in [-0.4, -0.2) is 138 Å². The van der Waals surface area contributed by atoms with Crippen molar-refractivity contribution in [3.05, 3.63) is 42.7 Å². The Hall–Kier alpha value is -5.21. The predicted molar refractivity (Wildman–Crippen MR) is 205 cm³/mol. The maximum absolute atomic E-state index is 13.1. The minimum atomic E-state index is -0.680. The Morgan fingerprint density at radius 3 is 1.44 bits per heavy atom. The van der Waals surface area contributed by atoms with Crippen LogP contribution < -0.4 is 20.9 Å². The summed E-state index contributed by atoms with van der Waals surface area (Å²) in [6, 6.07) is 0. The number of hydrogen-bond donors (Lipinski definition) is 2. The Bertz CT molecular complexity index is 2160. The summed E-state index contributed by atoms with van der Waals surface area (Å²) >= 11 is 3.24. The van der Waals surface area contributed by atoms with Crippen molar-refractivity contribution in [3.8, 4) is 0 Å². The highest BCUT2D eigenvalue weighted by molar-refractivity contribution is 9.10. The van der Waals surface area contributed by atoms with Gasteiger partial charge >= 0.3 is 18.2 Å². The van der Waals surface area contributed by atoms with Crippen molar-refractivity contribution >= 4 is 57.0 Å². The van der Waals surface area contributed by atoms with Gasteiger partial charge in [-0.25, -0.2) is 24.4 Å². The molecular weight excluding hydrogens is 784 g/mol. The number of methoxy groups -OCH3 is 1. The van der Waals surface area contributed by atoms with Crippen LogP contribution in [0.2, 0.25) is 0 Å². The Morgan fingerprint density at radius 2 is 1.05 bits per heavy atom. The molecule has 0 spiro atoms. The average molecular weight is 834 g/mol. The van der Waals surface area contributed by atoms with Crippen LogP contribution in [0, 0.1) is 0 Å². The number of halogens is 1. The van der Waals surface area contributed by atoms with Gasteiger partial charge in [0.2, 0.25) is 5.82 Å². The van der Waals surface area contributed by atoms with Crippen LogP contribution in [-0.2, 0) is 27.1 Å². The van der Waals surface area contributed by atoms with Gasteiger partial charge in [0.1, 0.15) is 22.6 Å². The first-order valence-corrected chi connectivity index (χ1v) is 18.9. The second-order valence-electron chi connectivity index (χ2n) is 14.9. The molecule has 4 aromatic heterocycles. The summed E-state index contributed by atoms with van der Waals surface area (Å²) in [6.07, 6.45) is 0.455. The summed E-state index contributed by atoms with van der Waals surface area (Å²) in [5.41, 5.74) is 0.680. The largest absolute Gasteiger partial charge is 0.463 e. The van der Waals surface area contributed by atoms with Gasteiger partial charge in [-0.2, -0.15) is 19.0 Å². The number of rotatable bonds is 5. The molecule has 20 nitrogen and oxygen atoms in total. The molecule has 0 bridgehead atoms. The number of piperazine rings is 2. The van der Waals surface area contributed by atoms with Crippen molar-refractivity contribution < 1.29 is 28.6 Å². The number of hydrogen-bond acceptors (Lipinski definition) is 14. The topological polar surface area (TPSA) is 218 Å². The van der Waals surface area contributed by atoms with Gasteiger partial charge in [0, 0.05) is 52.4 Å². The van der Waals surface area contributed by atoms with E-state index in [4.69, 9.17) is 9.47 Å². The molecule has 0 unspecified atom stereocenters. The molecule has 0 radical (unpaired) electrons. The zero-order valence-electron chi connectivity index (χ0n) is 32.7. The van der Waals surface area contributed by atoms with Gasteiger partial charge < -0.3 is 33.8 Å². The average Bonchev–Trinajstić information content (AvgIpc) is 3.73. The van der Waals surface area contributed by atoms with Crippen LogP contribution in [0.1, 0.15) is 77.4 Å². The number of H-pyrrole nitrogens is 2. The summed E-state index contributed by atoms with van der Waals surface area (Å²) in [7, 11) is 1.23.